The fourth-order valence-corrected chi connectivity index (χ4v) is 3.14. The van der Waals surface area contributed by atoms with E-state index in [4.69, 9.17) is 4.74 Å². The summed E-state index contributed by atoms with van der Waals surface area (Å²) >= 11 is 0. The van der Waals surface area contributed by atoms with Crippen LogP contribution in [0.2, 0.25) is 0 Å². The van der Waals surface area contributed by atoms with Gasteiger partial charge in [-0.1, -0.05) is 25.3 Å². The molecule has 27 heavy (non-hydrogen) atoms. The summed E-state index contributed by atoms with van der Waals surface area (Å²) < 4.78 is 5.11. The number of esters is 1. The summed E-state index contributed by atoms with van der Waals surface area (Å²) in [4.78, 5) is 24.6. The molecule has 2 aromatic heterocycles. The van der Waals surface area contributed by atoms with Crippen LogP contribution in [-0.2, 0) is 16.0 Å². The number of hydrogen-bond acceptors (Lipinski definition) is 6. The molecule has 0 spiro atoms. The Hall–Kier alpha value is -2.50. The number of anilines is 1. The zero-order chi connectivity index (χ0) is 19.3. The van der Waals surface area contributed by atoms with Crippen LogP contribution in [0.3, 0.4) is 0 Å². The van der Waals surface area contributed by atoms with Crippen molar-refractivity contribution in [1.82, 2.24) is 15.0 Å². The number of carbonyl (C=O) groups excluding carboxylic acids is 1. The standard InChI is InChI=1S/C21H30N4O2/c1-3-27-21(26)13-17(18-14-23-16-24-15-18)9-6-4-5-7-10-19-11-8-12-20(22-2)25-19/h8,11-12,14-17H,3-7,9-10,13H2,1-2H3,(H,22,25). The summed E-state index contributed by atoms with van der Waals surface area (Å²) in [5, 5.41) is 3.07. The first-order valence-corrected chi connectivity index (χ1v) is 9.77. The van der Waals surface area contributed by atoms with Crippen LogP contribution >= 0.6 is 0 Å². The summed E-state index contributed by atoms with van der Waals surface area (Å²) in [5.74, 6) is 0.889. The van der Waals surface area contributed by atoms with Crippen molar-refractivity contribution in [2.24, 2.45) is 0 Å². The van der Waals surface area contributed by atoms with Crippen LogP contribution in [0.5, 0.6) is 0 Å². The Morgan fingerprint density at radius 1 is 1.15 bits per heavy atom. The van der Waals surface area contributed by atoms with Gasteiger partial charge in [0.2, 0.25) is 0 Å². The van der Waals surface area contributed by atoms with Crippen molar-refractivity contribution in [3.63, 3.8) is 0 Å². The first-order chi connectivity index (χ1) is 13.2. The Kier molecular flexibility index (Phi) is 9.24. The topological polar surface area (TPSA) is 77.0 Å². The molecule has 0 radical (unpaired) electrons. The van der Waals surface area contributed by atoms with E-state index in [1.165, 1.54) is 6.33 Å². The second-order valence-corrected chi connectivity index (χ2v) is 6.59. The lowest BCUT2D eigenvalue weighted by Gasteiger charge is -2.15. The fourth-order valence-electron chi connectivity index (χ4n) is 3.14. The Labute approximate surface area is 161 Å². The molecule has 0 bridgehead atoms. The average Bonchev–Trinajstić information content (AvgIpc) is 2.70. The van der Waals surface area contributed by atoms with Gasteiger partial charge in [-0.3, -0.25) is 4.79 Å². The number of nitrogens with one attached hydrogen (secondary N) is 1. The average molecular weight is 370 g/mol. The van der Waals surface area contributed by atoms with Crippen LogP contribution in [-0.4, -0.2) is 34.6 Å². The Balaban J connectivity index is 1.73. The molecule has 6 nitrogen and oxygen atoms in total. The van der Waals surface area contributed by atoms with Crippen molar-refractivity contribution in [2.75, 3.05) is 19.0 Å². The minimum atomic E-state index is -0.151. The Morgan fingerprint density at radius 2 is 1.93 bits per heavy atom. The predicted octanol–water partition coefficient (Wildman–Crippen LogP) is 4.14. The molecule has 1 atom stereocenters. The van der Waals surface area contributed by atoms with Gasteiger partial charge in [-0.2, -0.15) is 0 Å². The molecule has 0 amide bonds. The maximum absolute atomic E-state index is 11.9. The van der Waals surface area contributed by atoms with E-state index >= 15 is 0 Å². The van der Waals surface area contributed by atoms with Crippen LogP contribution in [0, 0.1) is 0 Å². The summed E-state index contributed by atoms with van der Waals surface area (Å²) in [6.07, 6.45) is 11.9. The first kappa shape index (κ1) is 20.8. The van der Waals surface area contributed by atoms with Crippen LogP contribution in [0.15, 0.2) is 36.9 Å². The van der Waals surface area contributed by atoms with Crippen molar-refractivity contribution in [3.05, 3.63) is 48.2 Å². The third-order valence-corrected chi connectivity index (χ3v) is 4.57. The number of nitrogens with zero attached hydrogens (tertiary/aromatic N) is 3. The van der Waals surface area contributed by atoms with Gasteiger partial charge >= 0.3 is 5.97 Å². The minimum Gasteiger partial charge on any atom is -0.466 e. The van der Waals surface area contributed by atoms with Crippen molar-refractivity contribution >= 4 is 11.8 Å². The lowest BCUT2D eigenvalue weighted by Crippen LogP contribution is -2.11. The lowest BCUT2D eigenvalue weighted by atomic mass is 9.92. The predicted molar refractivity (Wildman–Crippen MR) is 107 cm³/mol. The van der Waals surface area contributed by atoms with E-state index in [0.717, 1.165) is 55.6 Å². The van der Waals surface area contributed by atoms with Gasteiger partial charge in [-0.05, 0) is 49.8 Å². The third kappa shape index (κ3) is 7.72. The van der Waals surface area contributed by atoms with Crippen LogP contribution in [0.1, 0.15) is 62.6 Å². The smallest absolute Gasteiger partial charge is 0.306 e. The molecule has 0 aliphatic carbocycles. The maximum Gasteiger partial charge on any atom is 0.306 e. The van der Waals surface area contributed by atoms with Gasteiger partial charge in [0.25, 0.3) is 0 Å². The van der Waals surface area contributed by atoms with Gasteiger partial charge in [0, 0.05) is 25.1 Å². The highest BCUT2D eigenvalue weighted by Gasteiger charge is 2.17. The molecule has 0 aliphatic rings. The van der Waals surface area contributed by atoms with Gasteiger partial charge in [0.1, 0.15) is 12.1 Å². The highest BCUT2D eigenvalue weighted by atomic mass is 16.5. The lowest BCUT2D eigenvalue weighted by molar-refractivity contribution is -0.143. The van der Waals surface area contributed by atoms with Crippen LogP contribution in [0.4, 0.5) is 5.82 Å². The third-order valence-electron chi connectivity index (χ3n) is 4.57. The number of pyridine rings is 1. The van der Waals surface area contributed by atoms with Gasteiger partial charge in [-0.25, -0.2) is 15.0 Å². The zero-order valence-corrected chi connectivity index (χ0v) is 16.4. The second kappa shape index (κ2) is 12.0. The molecular weight excluding hydrogens is 340 g/mol. The number of aryl methyl sites for hydroxylation is 1. The monoisotopic (exact) mass is 370 g/mol. The molecule has 6 heteroatoms. The van der Waals surface area contributed by atoms with E-state index in [-0.39, 0.29) is 11.9 Å². The zero-order valence-electron chi connectivity index (χ0n) is 16.4. The first-order valence-electron chi connectivity index (χ1n) is 9.77. The fraction of sp³-hybridized carbons (Fsp3) is 0.524. The van der Waals surface area contributed by atoms with E-state index in [1.807, 2.05) is 26.1 Å². The molecule has 0 saturated heterocycles. The number of hydrogen-bond donors (Lipinski definition) is 1. The molecule has 0 aliphatic heterocycles. The number of ether oxygens (including phenoxy) is 1. The summed E-state index contributed by atoms with van der Waals surface area (Å²) in [7, 11) is 1.89. The molecule has 1 N–H and O–H groups in total. The maximum atomic E-state index is 11.9. The van der Waals surface area contributed by atoms with E-state index in [2.05, 4.69) is 26.3 Å². The number of unbranched alkanes of at least 4 members (excludes halogenated alkanes) is 3. The van der Waals surface area contributed by atoms with E-state index in [0.29, 0.717) is 13.0 Å². The normalized spacial score (nSPS) is 11.8. The van der Waals surface area contributed by atoms with Crippen molar-refractivity contribution in [2.45, 2.75) is 57.8 Å². The Bertz CT molecular complexity index is 679. The molecular formula is C21H30N4O2. The highest BCUT2D eigenvalue weighted by Crippen LogP contribution is 2.25. The summed E-state index contributed by atoms with van der Waals surface area (Å²) in [6, 6.07) is 6.09. The second-order valence-electron chi connectivity index (χ2n) is 6.59. The molecule has 2 aromatic rings. The molecule has 0 aromatic carbocycles. The number of rotatable bonds is 12. The van der Waals surface area contributed by atoms with E-state index < -0.39 is 0 Å². The van der Waals surface area contributed by atoms with Gasteiger partial charge in [0.15, 0.2) is 0 Å². The quantitative estimate of drug-likeness (QED) is 0.447. The van der Waals surface area contributed by atoms with Crippen molar-refractivity contribution in [1.29, 1.82) is 0 Å². The number of carbonyl (C=O) groups is 1. The molecule has 2 rings (SSSR count). The molecule has 0 fully saturated rings. The van der Waals surface area contributed by atoms with Gasteiger partial charge in [0.05, 0.1) is 13.0 Å². The van der Waals surface area contributed by atoms with Crippen LogP contribution < -0.4 is 5.32 Å². The van der Waals surface area contributed by atoms with Crippen molar-refractivity contribution < 1.29 is 9.53 Å². The van der Waals surface area contributed by atoms with Crippen molar-refractivity contribution in [3.8, 4) is 0 Å². The van der Waals surface area contributed by atoms with Gasteiger partial charge in [-0.15, -0.1) is 0 Å². The molecule has 2 heterocycles. The minimum absolute atomic E-state index is 0.124. The van der Waals surface area contributed by atoms with Gasteiger partial charge < -0.3 is 10.1 Å². The number of aromatic nitrogens is 3. The van der Waals surface area contributed by atoms with E-state index in [9.17, 15) is 4.79 Å². The highest BCUT2D eigenvalue weighted by molar-refractivity contribution is 5.70. The summed E-state index contributed by atoms with van der Waals surface area (Å²) in [5.41, 5.74) is 2.14. The van der Waals surface area contributed by atoms with E-state index in [1.54, 1.807) is 12.4 Å². The largest absolute Gasteiger partial charge is 0.466 e. The SMILES string of the molecule is CCOC(=O)CC(CCCCCCc1cccc(NC)n1)c1cncnc1. The molecule has 1 unspecified atom stereocenters. The summed E-state index contributed by atoms with van der Waals surface area (Å²) in [6.45, 7) is 2.25. The van der Waals surface area contributed by atoms with Crippen LogP contribution in [0.25, 0.3) is 0 Å². The molecule has 0 saturated carbocycles. The molecule has 146 valence electrons. The Morgan fingerprint density at radius 3 is 2.67 bits per heavy atom.